The van der Waals surface area contributed by atoms with Gasteiger partial charge in [-0.2, -0.15) is 8.75 Å². The number of carbonyl (C=O) groups excluding carboxylic acids is 1. The molecule has 0 atom stereocenters. The van der Waals surface area contributed by atoms with Crippen LogP contribution in [-0.4, -0.2) is 38.8 Å². The molecule has 3 aromatic carbocycles. The zero-order valence-electron chi connectivity index (χ0n) is 19.5. The van der Waals surface area contributed by atoms with Gasteiger partial charge in [0.05, 0.1) is 30.5 Å². The van der Waals surface area contributed by atoms with E-state index >= 15 is 0 Å². The first kappa shape index (κ1) is 24.1. The number of fused-ring (bicyclic) bond motifs is 1. The predicted molar refractivity (Wildman–Crippen MR) is 135 cm³/mol. The molecular formula is C27H24N2O5S. The number of Topliss-reactive ketones (excluding diaryl/α,β-unsaturated/α-hetero) is 1. The number of rotatable bonds is 9. The number of carboxylic acids is 1. The largest absolute Gasteiger partial charge is 0.496 e. The summed E-state index contributed by atoms with van der Waals surface area (Å²) in [4.78, 5) is 26.4. The van der Waals surface area contributed by atoms with E-state index in [2.05, 4.69) is 8.75 Å². The van der Waals surface area contributed by atoms with Crippen molar-refractivity contribution in [1.82, 2.24) is 8.75 Å². The molecule has 7 nitrogen and oxygen atoms in total. The highest BCUT2D eigenvalue weighted by molar-refractivity contribution is 7.00. The fourth-order valence-electron chi connectivity index (χ4n) is 3.82. The summed E-state index contributed by atoms with van der Waals surface area (Å²) in [5.41, 5.74) is 2.75. The Morgan fingerprint density at radius 2 is 1.63 bits per heavy atom. The molecule has 4 aromatic rings. The van der Waals surface area contributed by atoms with Gasteiger partial charge in [-0.3, -0.25) is 4.79 Å². The molecular weight excluding hydrogens is 464 g/mol. The van der Waals surface area contributed by atoms with Gasteiger partial charge in [0.25, 0.3) is 0 Å². The number of allylic oxidation sites excluding steroid dienone is 1. The van der Waals surface area contributed by atoms with Crippen molar-refractivity contribution in [3.05, 3.63) is 89.0 Å². The van der Waals surface area contributed by atoms with Crippen molar-refractivity contribution in [3.63, 3.8) is 0 Å². The first-order chi connectivity index (χ1) is 16.9. The summed E-state index contributed by atoms with van der Waals surface area (Å²) in [6.45, 7) is 3.84. The van der Waals surface area contributed by atoms with Crippen LogP contribution in [0, 0.1) is 0 Å². The van der Waals surface area contributed by atoms with E-state index in [1.165, 1.54) is 0 Å². The number of hydrogen-bond donors (Lipinski definition) is 1. The number of aliphatic carboxylic acids is 1. The second-order valence-electron chi connectivity index (χ2n) is 8.14. The van der Waals surface area contributed by atoms with Crippen molar-refractivity contribution < 1.29 is 24.2 Å². The van der Waals surface area contributed by atoms with Crippen LogP contribution in [0.5, 0.6) is 11.5 Å². The Morgan fingerprint density at radius 3 is 2.31 bits per heavy atom. The van der Waals surface area contributed by atoms with Crippen LogP contribution in [0.15, 0.2) is 72.3 Å². The zero-order chi connectivity index (χ0) is 24.9. The number of aromatic nitrogens is 2. The number of carboxylic acid groups (broad SMARTS) is 1. The number of carbonyl (C=O) groups is 2. The normalized spacial score (nSPS) is 11.9. The minimum atomic E-state index is -1.20. The standard InChI is InChI=1S/C27H24N2O5S/c1-16(2)34-20-11-8-17(9-12-20)26(30)21(14-18-6-4-5-7-24(18)33-3)25(27(31)32)19-10-13-22-23(15-19)29-35-28-22/h4-13,15-16H,14H2,1-3H3,(H,31,32)/b25-21+. The van der Waals surface area contributed by atoms with Gasteiger partial charge in [0.15, 0.2) is 5.78 Å². The molecule has 0 unspecified atom stereocenters. The van der Waals surface area contributed by atoms with Gasteiger partial charge in [-0.25, -0.2) is 4.79 Å². The smallest absolute Gasteiger partial charge is 0.336 e. The van der Waals surface area contributed by atoms with E-state index in [-0.39, 0.29) is 29.5 Å². The molecule has 0 saturated carbocycles. The Kier molecular flexibility index (Phi) is 7.22. The highest BCUT2D eigenvalue weighted by Crippen LogP contribution is 2.30. The summed E-state index contributed by atoms with van der Waals surface area (Å²) < 4.78 is 19.5. The molecule has 178 valence electrons. The van der Waals surface area contributed by atoms with Gasteiger partial charge in [0.1, 0.15) is 22.5 Å². The van der Waals surface area contributed by atoms with Crippen molar-refractivity contribution >= 4 is 40.1 Å². The lowest BCUT2D eigenvalue weighted by molar-refractivity contribution is -0.130. The summed E-state index contributed by atoms with van der Waals surface area (Å²) in [6, 6.07) is 19.0. The fraction of sp³-hybridized carbons (Fsp3) is 0.185. The molecule has 35 heavy (non-hydrogen) atoms. The minimum absolute atomic E-state index is 0.00807. The van der Waals surface area contributed by atoms with Crippen LogP contribution in [0.2, 0.25) is 0 Å². The highest BCUT2D eigenvalue weighted by Gasteiger charge is 2.25. The van der Waals surface area contributed by atoms with Crippen LogP contribution < -0.4 is 9.47 Å². The summed E-state index contributed by atoms with van der Waals surface area (Å²) in [5, 5.41) is 10.3. The molecule has 8 heteroatoms. The Labute approximate surface area is 207 Å². The van der Waals surface area contributed by atoms with Crippen LogP contribution in [-0.2, 0) is 11.2 Å². The average Bonchev–Trinajstić information content (AvgIpc) is 3.31. The first-order valence-electron chi connectivity index (χ1n) is 11.0. The summed E-state index contributed by atoms with van der Waals surface area (Å²) in [6.07, 6.45) is 0.0634. The third kappa shape index (κ3) is 5.38. The van der Waals surface area contributed by atoms with Crippen LogP contribution in [0.3, 0.4) is 0 Å². The average molecular weight is 489 g/mol. The molecule has 0 amide bonds. The molecule has 1 N–H and O–H groups in total. The fourth-order valence-corrected chi connectivity index (χ4v) is 4.33. The van der Waals surface area contributed by atoms with Crippen LogP contribution in [0.1, 0.15) is 35.3 Å². The maximum absolute atomic E-state index is 13.8. The third-order valence-corrected chi connectivity index (χ3v) is 5.94. The van der Waals surface area contributed by atoms with Gasteiger partial charge in [0, 0.05) is 17.6 Å². The molecule has 1 aromatic heterocycles. The molecule has 0 saturated heterocycles. The van der Waals surface area contributed by atoms with Crippen LogP contribution >= 0.6 is 11.7 Å². The topological polar surface area (TPSA) is 98.6 Å². The molecule has 0 aliphatic heterocycles. The van der Waals surface area contributed by atoms with Crippen molar-refractivity contribution in [3.8, 4) is 11.5 Å². The summed E-state index contributed by atoms with van der Waals surface area (Å²) >= 11 is 1.05. The van der Waals surface area contributed by atoms with Crippen molar-refractivity contribution in [2.75, 3.05) is 7.11 Å². The zero-order valence-corrected chi connectivity index (χ0v) is 20.3. The maximum atomic E-state index is 13.8. The van der Waals surface area contributed by atoms with E-state index in [0.717, 1.165) is 11.7 Å². The Hall–Kier alpha value is -4.04. The van der Waals surface area contributed by atoms with E-state index in [1.54, 1.807) is 55.6 Å². The van der Waals surface area contributed by atoms with Crippen LogP contribution in [0.4, 0.5) is 0 Å². The summed E-state index contributed by atoms with van der Waals surface area (Å²) in [5.74, 6) is -0.388. The molecule has 0 bridgehead atoms. The van der Waals surface area contributed by atoms with E-state index in [4.69, 9.17) is 9.47 Å². The molecule has 0 aliphatic carbocycles. The van der Waals surface area contributed by atoms with Crippen molar-refractivity contribution in [2.24, 2.45) is 0 Å². The monoisotopic (exact) mass is 488 g/mol. The number of nitrogens with zero attached hydrogens (tertiary/aromatic N) is 2. The Bertz CT molecular complexity index is 1410. The van der Waals surface area contributed by atoms with E-state index in [9.17, 15) is 14.7 Å². The lowest BCUT2D eigenvalue weighted by atomic mass is 9.89. The van der Waals surface area contributed by atoms with Gasteiger partial charge in [0.2, 0.25) is 0 Å². The van der Waals surface area contributed by atoms with Gasteiger partial charge >= 0.3 is 5.97 Å². The number of methoxy groups -OCH3 is 1. The van der Waals surface area contributed by atoms with E-state index in [1.807, 2.05) is 32.0 Å². The van der Waals surface area contributed by atoms with Gasteiger partial charge in [-0.1, -0.05) is 24.3 Å². The quantitative estimate of drug-likeness (QED) is 0.247. The number of para-hydroxylation sites is 1. The lowest BCUT2D eigenvalue weighted by Gasteiger charge is -2.15. The van der Waals surface area contributed by atoms with E-state index in [0.29, 0.717) is 39.2 Å². The van der Waals surface area contributed by atoms with Gasteiger partial charge < -0.3 is 14.6 Å². The predicted octanol–water partition coefficient (Wildman–Crippen LogP) is 5.45. The number of ether oxygens (including phenoxy) is 2. The van der Waals surface area contributed by atoms with Gasteiger partial charge in [-0.05, 0) is 67.4 Å². The van der Waals surface area contributed by atoms with Crippen molar-refractivity contribution in [1.29, 1.82) is 0 Å². The lowest BCUT2D eigenvalue weighted by Crippen LogP contribution is -2.14. The molecule has 0 fully saturated rings. The maximum Gasteiger partial charge on any atom is 0.336 e. The summed E-state index contributed by atoms with van der Waals surface area (Å²) in [7, 11) is 1.54. The second kappa shape index (κ2) is 10.5. The SMILES string of the molecule is COc1ccccc1C/C(C(=O)c1ccc(OC(C)C)cc1)=C(\C(=O)O)c1ccc2nsnc2c1. The number of benzene rings is 3. The third-order valence-electron chi connectivity index (χ3n) is 5.38. The number of hydrogen-bond acceptors (Lipinski definition) is 7. The highest BCUT2D eigenvalue weighted by atomic mass is 32.1. The molecule has 0 aliphatic rings. The molecule has 0 spiro atoms. The second-order valence-corrected chi connectivity index (χ2v) is 8.66. The minimum Gasteiger partial charge on any atom is -0.496 e. The van der Waals surface area contributed by atoms with Gasteiger partial charge in [-0.15, -0.1) is 0 Å². The molecule has 1 heterocycles. The molecule has 4 rings (SSSR count). The van der Waals surface area contributed by atoms with E-state index < -0.39 is 5.97 Å². The first-order valence-corrected chi connectivity index (χ1v) is 11.7. The van der Waals surface area contributed by atoms with Crippen LogP contribution in [0.25, 0.3) is 16.6 Å². The molecule has 0 radical (unpaired) electrons. The Balaban J connectivity index is 1.87. The van der Waals surface area contributed by atoms with Crippen molar-refractivity contribution in [2.45, 2.75) is 26.4 Å². The number of ketones is 1. The Morgan fingerprint density at radius 1 is 0.943 bits per heavy atom.